The van der Waals surface area contributed by atoms with Crippen LogP contribution in [0.15, 0.2) is 55.8 Å². The Bertz CT molecular complexity index is 711. The lowest BCUT2D eigenvalue weighted by Gasteiger charge is -2.03. The number of hydrogen-bond acceptors (Lipinski definition) is 6. The molecule has 0 unspecified atom stereocenters. The van der Waals surface area contributed by atoms with Crippen LogP contribution in [0.4, 0.5) is 0 Å². The lowest BCUT2D eigenvalue weighted by atomic mass is 10.1. The number of hydrazone groups is 2. The van der Waals surface area contributed by atoms with Crippen molar-refractivity contribution in [3.8, 4) is 0 Å². The highest BCUT2D eigenvalue weighted by atomic mass is 16.3. The normalized spacial score (nSPS) is 12.1. The quantitative estimate of drug-likeness (QED) is 0.379. The summed E-state index contributed by atoms with van der Waals surface area (Å²) < 4.78 is 10.4. The summed E-state index contributed by atoms with van der Waals surface area (Å²) in [5.41, 5.74) is 6.21. The maximum Gasteiger partial charge on any atom is 0.240 e. The minimum Gasteiger partial charge on any atom is -0.463 e. The second-order valence-electron chi connectivity index (χ2n) is 5.98. The molecule has 2 heterocycles. The maximum atomic E-state index is 11.7. The molecule has 144 valence electrons. The van der Waals surface area contributed by atoms with Crippen LogP contribution >= 0.6 is 0 Å². The van der Waals surface area contributed by atoms with Crippen molar-refractivity contribution in [1.29, 1.82) is 0 Å². The Kier molecular flexibility index (Phi) is 8.02. The minimum absolute atomic E-state index is 0.163. The first kappa shape index (κ1) is 20.2. The molecule has 2 rings (SSSR count). The molecule has 27 heavy (non-hydrogen) atoms. The summed E-state index contributed by atoms with van der Waals surface area (Å²) in [6.45, 7) is 3.52. The van der Waals surface area contributed by atoms with Crippen LogP contribution < -0.4 is 10.9 Å². The Morgan fingerprint density at radius 2 is 1.26 bits per heavy atom. The van der Waals surface area contributed by atoms with Crippen LogP contribution in [0.5, 0.6) is 0 Å². The number of carbonyl (C=O) groups is 2. The van der Waals surface area contributed by atoms with Gasteiger partial charge in [-0.25, -0.2) is 10.9 Å². The van der Waals surface area contributed by atoms with Gasteiger partial charge in [-0.15, -0.1) is 0 Å². The fourth-order valence-corrected chi connectivity index (χ4v) is 2.23. The molecule has 0 bridgehead atoms. The third-order valence-electron chi connectivity index (χ3n) is 3.76. The molecule has 0 fully saturated rings. The monoisotopic (exact) mass is 372 g/mol. The first-order valence-corrected chi connectivity index (χ1v) is 8.80. The number of unbranched alkanes of at least 4 members (excludes halogenated alkanes) is 2. The van der Waals surface area contributed by atoms with E-state index in [9.17, 15) is 9.59 Å². The molecule has 8 nitrogen and oxygen atoms in total. The summed E-state index contributed by atoms with van der Waals surface area (Å²) in [6.07, 6.45) is 5.94. The highest BCUT2D eigenvalue weighted by Crippen LogP contribution is 2.05. The number of nitrogens with one attached hydrogen (secondary N) is 2. The first-order chi connectivity index (χ1) is 13.1. The van der Waals surface area contributed by atoms with E-state index in [1.165, 1.54) is 0 Å². The molecule has 8 heteroatoms. The van der Waals surface area contributed by atoms with Gasteiger partial charge in [0.1, 0.15) is 22.9 Å². The summed E-state index contributed by atoms with van der Waals surface area (Å²) in [5, 5.41) is 7.98. The second kappa shape index (κ2) is 10.7. The van der Waals surface area contributed by atoms with Crippen LogP contribution in [0, 0.1) is 0 Å². The topological polar surface area (TPSA) is 109 Å². The predicted octanol–water partition coefficient (Wildman–Crippen LogP) is 3.20. The van der Waals surface area contributed by atoms with E-state index in [1.54, 1.807) is 50.6 Å². The predicted molar refractivity (Wildman–Crippen MR) is 101 cm³/mol. The van der Waals surface area contributed by atoms with Crippen LogP contribution in [0.2, 0.25) is 0 Å². The van der Waals surface area contributed by atoms with Crippen molar-refractivity contribution >= 4 is 23.2 Å². The molecule has 2 aromatic heterocycles. The fraction of sp³-hybridized carbons (Fsp3) is 0.368. The Labute approximate surface area is 157 Å². The van der Waals surface area contributed by atoms with Crippen LogP contribution in [-0.4, -0.2) is 23.2 Å². The van der Waals surface area contributed by atoms with E-state index in [1.807, 2.05) is 0 Å². The number of nitrogens with zero attached hydrogens (tertiary/aromatic N) is 2. The highest BCUT2D eigenvalue weighted by Gasteiger charge is 2.05. The zero-order valence-corrected chi connectivity index (χ0v) is 15.5. The molecular weight excluding hydrogens is 348 g/mol. The molecule has 0 aliphatic heterocycles. The van der Waals surface area contributed by atoms with Gasteiger partial charge >= 0.3 is 0 Å². The number of hydrogen-bond donors (Lipinski definition) is 2. The molecule has 0 aliphatic carbocycles. The van der Waals surface area contributed by atoms with E-state index in [0.29, 0.717) is 48.6 Å². The second-order valence-corrected chi connectivity index (χ2v) is 5.98. The van der Waals surface area contributed by atoms with Crippen molar-refractivity contribution in [3.05, 3.63) is 48.3 Å². The molecule has 0 radical (unpaired) electrons. The summed E-state index contributed by atoms with van der Waals surface area (Å²) in [6, 6.07) is 7.07. The fourth-order valence-electron chi connectivity index (χ4n) is 2.23. The minimum atomic E-state index is -0.163. The van der Waals surface area contributed by atoms with E-state index in [-0.39, 0.29) is 11.8 Å². The van der Waals surface area contributed by atoms with E-state index >= 15 is 0 Å². The van der Waals surface area contributed by atoms with Gasteiger partial charge in [0.05, 0.1) is 12.5 Å². The van der Waals surface area contributed by atoms with Gasteiger partial charge in [-0.3, -0.25) is 9.59 Å². The first-order valence-electron chi connectivity index (χ1n) is 8.80. The average molecular weight is 372 g/mol. The molecular formula is C19H24N4O4. The maximum absolute atomic E-state index is 11.7. The Morgan fingerprint density at radius 3 is 1.63 bits per heavy atom. The van der Waals surface area contributed by atoms with Gasteiger partial charge in [0.2, 0.25) is 11.8 Å². The van der Waals surface area contributed by atoms with Crippen molar-refractivity contribution < 1.29 is 18.4 Å². The largest absolute Gasteiger partial charge is 0.463 e. The number of amides is 2. The van der Waals surface area contributed by atoms with Gasteiger partial charge in [0.25, 0.3) is 0 Å². The smallest absolute Gasteiger partial charge is 0.240 e. The molecule has 2 aromatic rings. The zero-order chi connectivity index (χ0) is 19.5. The summed E-state index contributed by atoms with van der Waals surface area (Å²) in [5.74, 6) is 0.908. The van der Waals surface area contributed by atoms with Crippen molar-refractivity contribution in [3.63, 3.8) is 0 Å². The van der Waals surface area contributed by atoms with Gasteiger partial charge in [-0.1, -0.05) is 6.42 Å². The lowest BCUT2D eigenvalue weighted by molar-refractivity contribution is -0.121. The van der Waals surface area contributed by atoms with Crippen LogP contribution in [0.25, 0.3) is 0 Å². The molecule has 0 aromatic carbocycles. The molecule has 2 N–H and O–H groups in total. The van der Waals surface area contributed by atoms with Crippen molar-refractivity contribution in [2.45, 2.75) is 46.0 Å². The third-order valence-corrected chi connectivity index (χ3v) is 3.76. The van der Waals surface area contributed by atoms with Gasteiger partial charge in [-0.2, -0.15) is 10.2 Å². The standard InChI is InChI=1S/C19H24N4O4/c1-14(16-8-6-12-26-16)20-22-18(24)10-4-3-5-11-19(25)23-21-15(2)17-9-7-13-27-17/h6-9,12-13H,3-5,10-11H2,1-2H3,(H,22,24)(H,23,25)/b20-14+,21-15+. The summed E-state index contributed by atoms with van der Waals surface area (Å²) in [4.78, 5) is 23.5. The summed E-state index contributed by atoms with van der Waals surface area (Å²) >= 11 is 0. The van der Waals surface area contributed by atoms with E-state index < -0.39 is 0 Å². The van der Waals surface area contributed by atoms with Crippen molar-refractivity contribution in [1.82, 2.24) is 10.9 Å². The van der Waals surface area contributed by atoms with Gasteiger partial charge < -0.3 is 8.83 Å². The van der Waals surface area contributed by atoms with Crippen molar-refractivity contribution in [2.75, 3.05) is 0 Å². The number of rotatable bonds is 10. The third kappa shape index (κ3) is 7.31. The molecule has 2 amide bonds. The Hall–Kier alpha value is -3.16. The van der Waals surface area contributed by atoms with Gasteiger partial charge in [0.15, 0.2) is 0 Å². The van der Waals surface area contributed by atoms with Crippen LogP contribution in [-0.2, 0) is 9.59 Å². The van der Waals surface area contributed by atoms with Crippen LogP contribution in [0.1, 0.15) is 57.5 Å². The highest BCUT2D eigenvalue weighted by molar-refractivity contribution is 5.97. The molecule has 0 saturated heterocycles. The Morgan fingerprint density at radius 1 is 0.815 bits per heavy atom. The lowest BCUT2D eigenvalue weighted by Crippen LogP contribution is -2.19. The molecule has 0 saturated carbocycles. The zero-order valence-electron chi connectivity index (χ0n) is 15.5. The number of carbonyl (C=O) groups excluding carboxylic acids is 2. The average Bonchev–Trinajstić information content (AvgIpc) is 3.37. The van der Waals surface area contributed by atoms with Gasteiger partial charge in [0, 0.05) is 12.8 Å². The van der Waals surface area contributed by atoms with Crippen LogP contribution in [0.3, 0.4) is 0 Å². The molecule has 0 spiro atoms. The van der Waals surface area contributed by atoms with E-state index in [0.717, 1.165) is 6.42 Å². The molecule has 0 atom stereocenters. The Balaban J connectivity index is 1.56. The van der Waals surface area contributed by atoms with E-state index in [2.05, 4.69) is 21.1 Å². The summed E-state index contributed by atoms with van der Waals surface area (Å²) in [7, 11) is 0. The van der Waals surface area contributed by atoms with Gasteiger partial charge in [-0.05, 0) is 51.0 Å². The number of furan rings is 2. The molecule has 0 aliphatic rings. The SMILES string of the molecule is C/C(=N\NC(=O)CCCCCC(=O)N/N=C(\C)c1ccco1)c1ccco1. The van der Waals surface area contributed by atoms with E-state index in [4.69, 9.17) is 8.83 Å². The van der Waals surface area contributed by atoms with Crippen molar-refractivity contribution in [2.24, 2.45) is 10.2 Å².